The number of nitrogens with zero attached hydrogens (tertiary/aromatic N) is 1. The van der Waals surface area contributed by atoms with Crippen LogP contribution >= 0.6 is 0 Å². The molecule has 1 fully saturated rings. The lowest BCUT2D eigenvalue weighted by atomic mass is 9.96. The van der Waals surface area contributed by atoms with E-state index < -0.39 is 0 Å². The highest BCUT2D eigenvalue weighted by molar-refractivity contribution is 5.78. The summed E-state index contributed by atoms with van der Waals surface area (Å²) in [5.74, 6) is 0.742. The third kappa shape index (κ3) is 8.39. The Labute approximate surface area is 129 Å². The maximum absolute atomic E-state index is 12.0. The Kier molecular flexibility index (Phi) is 7.63. The number of ether oxygens (including phenoxy) is 1. The van der Waals surface area contributed by atoms with E-state index in [-0.39, 0.29) is 17.5 Å². The largest absolute Gasteiger partial charge is 0.383 e. The summed E-state index contributed by atoms with van der Waals surface area (Å²) in [5.41, 5.74) is 0.162. The lowest BCUT2D eigenvalue weighted by Crippen LogP contribution is -2.48. The topological polar surface area (TPSA) is 53.6 Å². The molecule has 0 saturated carbocycles. The summed E-state index contributed by atoms with van der Waals surface area (Å²) in [7, 11) is 1.65. The Bertz CT molecular complexity index is 315. The van der Waals surface area contributed by atoms with Crippen LogP contribution in [0.4, 0.5) is 0 Å². The van der Waals surface area contributed by atoms with Crippen molar-refractivity contribution in [3.8, 4) is 0 Å². The zero-order valence-corrected chi connectivity index (χ0v) is 14.4. The van der Waals surface area contributed by atoms with E-state index in [1.807, 2.05) is 6.92 Å². The van der Waals surface area contributed by atoms with Crippen molar-refractivity contribution in [2.45, 2.75) is 52.1 Å². The number of likely N-dealkylation sites (tertiary alicyclic amines) is 1. The molecule has 5 nitrogen and oxygen atoms in total. The second-order valence-electron chi connectivity index (χ2n) is 7.30. The minimum absolute atomic E-state index is 0.0747. The molecule has 124 valence electrons. The molecule has 0 aliphatic carbocycles. The van der Waals surface area contributed by atoms with Crippen LogP contribution in [0.25, 0.3) is 0 Å². The van der Waals surface area contributed by atoms with Crippen LogP contribution in [-0.4, -0.2) is 62.3 Å². The number of rotatable bonds is 7. The van der Waals surface area contributed by atoms with Crippen LogP contribution in [0.15, 0.2) is 0 Å². The molecule has 1 rings (SSSR count). The van der Waals surface area contributed by atoms with E-state index in [0.717, 1.165) is 19.6 Å². The van der Waals surface area contributed by atoms with Crippen LogP contribution in [0.5, 0.6) is 0 Å². The zero-order chi connectivity index (χ0) is 15.9. The average Bonchev–Trinajstić information content (AvgIpc) is 2.36. The molecule has 1 heterocycles. The van der Waals surface area contributed by atoms with Gasteiger partial charge in [0.2, 0.25) is 5.91 Å². The second-order valence-corrected chi connectivity index (χ2v) is 7.30. The van der Waals surface area contributed by atoms with Gasteiger partial charge in [0.1, 0.15) is 0 Å². The van der Waals surface area contributed by atoms with E-state index in [2.05, 4.69) is 36.3 Å². The van der Waals surface area contributed by atoms with E-state index in [1.165, 1.54) is 12.8 Å². The highest BCUT2D eigenvalue weighted by Gasteiger charge is 2.23. The Morgan fingerprint density at radius 2 is 2.14 bits per heavy atom. The summed E-state index contributed by atoms with van der Waals surface area (Å²) in [4.78, 5) is 14.3. The highest BCUT2D eigenvalue weighted by atomic mass is 16.5. The maximum Gasteiger partial charge on any atom is 0.234 e. The first kappa shape index (κ1) is 18.4. The molecule has 0 aromatic rings. The van der Waals surface area contributed by atoms with Gasteiger partial charge in [-0.1, -0.05) is 0 Å². The predicted octanol–water partition coefficient (Wildman–Crippen LogP) is 1.24. The molecule has 0 aromatic carbocycles. The minimum atomic E-state index is 0.0747. The molecule has 0 spiro atoms. The van der Waals surface area contributed by atoms with Gasteiger partial charge in [-0.05, 0) is 59.5 Å². The Hall–Kier alpha value is -0.650. The fourth-order valence-electron chi connectivity index (χ4n) is 2.73. The summed E-state index contributed by atoms with van der Waals surface area (Å²) in [6.45, 7) is 12.7. The van der Waals surface area contributed by atoms with Crippen molar-refractivity contribution < 1.29 is 9.53 Å². The molecule has 1 amide bonds. The molecular weight excluding hydrogens is 266 g/mol. The molecule has 2 unspecified atom stereocenters. The quantitative estimate of drug-likeness (QED) is 0.742. The van der Waals surface area contributed by atoms with Gasteiger partial charge in [-0.15, -0.1) is 0 Å². The van der Waals surface area contributed by atoms with E-state index in [1.54, 1.807) is 7.11 Å². The fourth-order valence-corrected chi connectivity index (χ4v) is 2.73. The Morgan fingerprint density at radius 1 is 1.43 bits per heavy atom. The molecule has 0 aromatic heterocycles. The van der Waals surface area contributed by atoms with Gasteiger partial charge in [0.25, 0.3) is 0 Å². The summed E-state index contributed by atoms with van der Waals surface area (Å²) >= 11 is 0. The van der Waals surface area contributed by atoms with E-state index >= 15 is 0 Å². The molecule has 21 heavy (non-hydrogen) atoms. The normalized spacial score (nSPS) is 22.0. The first-order valence-electron chi connectivity index (χ1n) is 8.06. The van der Waals surface area contributed by atoms with Gasteiger partial charge < -0.3 is 15.4 Å². The molecule has 0 radical (unpaired) electrons. The number of carbonyl (C=O) groups excluding carboxylic acids is 1. The molecule has 2 N–H and O–H groups in total. The van der Waals surface area contributed by atoms with Crippen molar-refractivity contribution in [2.75, 3.05) is 39.9 Å². The Morgan fingerprint density at radius 3 is 2.76 bits per heavy atom. The third-order valence-electron chi connectivity index (χ3n) is 3.72. The van der Waals surface area contributed by atoms with Gasteiger partial charge in [0.05, 0.1) is 13.2 Å². The van der Waals surface area contributed by atoms with Crippen LogP contribution in [0.2, 0.25) is 0 Å². The predicted molar refractivity (Wildman–Crippen MR) is 86.4 cm³/mol. The number of hydrogen-bond donors (Lipinski definition) is 2. The summed E-state index contributed by atoms with van der Waals surface area (Å²) < 4.78 is 5.04. The number of amides is 1. The summed E-state index contributed by atoms with van der Waals surface area (Å²) in [5, 5.41) is 6.55. The standard InChI is InChI=1S/C16H33N3O2/c1-13(12-21-5)18-15(20)11-19-8-6-7-14(10-19)9-17-16(2,3)4/h13-14,17H,6-12H2,1-5H3,(H,18,20). The average molecular weight is 299 g/mol. The van der Waals surface area contributed by atoms with Crippen molar-refractivity contribution in [3.05, 3.63) is 0 Å². The van der Waals surface area contributed by atoms with Gasteiger partial charge in [-0.25, -0.2) is 0 Å². The van der Waals surface area contributed by atoms with Gasteiger partial charge in [-0.3, -0.25) is 9.69 Å². The van der Waals surface area contributed by atoms with Crippen molar-refractivity contribution in [1.82, 2.24) is 15.5 Å². The lowest BCUT2D eigenvalue weighted by molar-refractivity contribution is -0.123. The molecule has 1 aliphatic rings. The molecule has 1 saturated heterocycles. The fraction of sp³-hybridized carbons (Fsp3) is 0.938. The van der Waals surface area contributed by atoms with Crippen molar-refractivity contribution in [2.24, 2.45) is 5.92 Å². The summed E-state index contributed by atoms with van der Waals surface area (Å²) in [6, 6.07) is 0.0747. The molecule has 5 heteroatoms. The first-order valence-corrected chi connectivity index (χ1v) is 8.06. The van der Waals surface area contributed by atoms with Crippen molar-refractivity contribution in [1.29, 1.82) is 0 Å². The second kappa shape index (κ2) is 8.71. The highest BCUT2D eigenvalue weighted by Crippen LogP contribution is 2.16. The molecule has 2 atom stereocenters. The number of carbonyl (C=O) groups is 1. The minimum Gasteiger partial charge on any atom is -0.383 e. The smallest absolute Gasteiger partial charge is 0.234 e. The SMILES string of the molecule is COCC(C)NC(=O)CN1CCCC(CNC(C)(C)C)C1. The molecular formula is C16H33N3O2. The van der Waals surface area contributed by atoms with E-state index in [9.17, 15) is 4.79 Å². The number of methoxy groups -OCH3 is 1. The van der Waals surface area contributed by atoms with Crippen LogP contribution in [0.3, 0.4) is 0 Å². The monoisotopic (exact) mass is 299 g/mol. The van der Waals surface area contributed by atoms with Crippen LogP contribution in [0, 0.1) is 5.92 Å². The maximum atomic E-state index is 12.0. The van der Waals surface area contributed by atoms with Crippen LogP contribution < -0.4 is 10.6 Å². The number of hydrogen-bond acceptors (Lipinski definition) is 4. The van der Waals surface area contributed by atoms with E-state index in [0.29, 0.717) is 19.1 Å². The number of nitrogens with one attached hydrogen (secondary N) is 2. The van der Waals surface area contributed by atoms with Gasteiger partial charge >= 0.3 is 0 Å². The number of piperidine rings is 1. The van der Waals surface area contributed by atoms with Gasteiger partial charge in [0.15, 0.2) is 0 Å². The lowest BCUT2D eigenvalue weighted by Gasteiger charge is -2.34. The zero-order valence-electron chi connectivity index (χ0n) is 14.4. The van der Waals surface area contributed by atoms with Crippen LogP contribution in [0.1, 0.15) is 40.5 Å². The van der Waals surface area contributed by atoms with E-state index in [4.69, 9.17) is 4.74 Å². The molecule has 1 aliphatic heterocycles. The first-order chi connectivity index (χ1) is 9.80. The van der Waals surface area contributed by atoms with Crippen molar-refractivity contribution >= 4 is 5.91 Å². The van der Waals surface area contributed by atoms with Gasteiger partial charge in [-0.2, -0.15) is 0 Å². The van der Waals surface area contributed by atoms with Crippen molar-refractivity contribution in [3.63, 3.8) is 0 Å². The summed E-state index contributed by atoms with van der Waals surface area (Å²) in [6.07, 6.45) is 2.43. The third-order valence-corrected chi connectivity index (χ3v) is 3.72. The van der Waals surface area contributed by atoms with Crippen LogP contribution in [-0.2, 0) is 9.53 Å². The van der Waals surface area contributed by atoms with Gasteiger partial charge in [0, 0.05) is 25.2 Å². The molecule has 0 bridgehead atoms. The Balaban J connectivity index is 2.30.